The molecule has 0 saturated heterocycles. The highest BCUT2D eigenvalue weighted by Gasteiger charge is 2.13. The van der Waals surface area contributed by atoms with Crippen LogP contribution in [0.15, 0.2) is 36.9 Å². The molecule has 0 bridgehead atoms. The minimum absolute atomic E-state index is 0.370. The maximum atomic E-state index is 10.3. The monoisotopic (exact) mass is 272 g/mol. The highest BCUT2D eigenvalue weighted by molar-refractivity contribution is 7.12. The molecule has 1 nitrogen and oxygen atoms in total. The van der Waals surface area contributed by atoms with Crippen molar-refractivity contribution in [2.24, 2.45) is 0 Å². The van der Waals surface area contributed by atoms with Gasteiger partial charge in [-0.05, 0) is 36.1 Å². The summed E-state index contributed by atoms with van der Waals surface area (Å²) in [7, 11) is 0. The summed E-state index contributed by atoms with van der Waals surface area (Å²) in [6.45, 7) is 10.2. The smallest absolute Gasteiger partial charge is 0.123 e. The maximum absolute atomic E-state index is 10.3. The average molecular weight is 272 g/mol. The van der Waals surface area contributed by atoms with Crippen LogP contribution in [0.1, 0.15) is 35.1 Å². The lowest BCUT2D eigenvalue weighted by Crippen LogP contribution is -1.89. The molecule has 0 saturated carbocycles. The van der Waals surface area contributed by atoms with Gasteiger partial charge in [-0.25, -0.2) is 0 Å². The fourth-order valence-corrected chi connectivity index (χ4v) is 3.25. The largest absolute Gasteiger partial charge is 0.507 e. The van der Waals surface area contributed by atoms with E-state index in [0.717, 1.165) is 17.5 Å². The number of hydrogen-bond donors (Lipinski definition) is 1. The van der Waals surface area contributed by atoms with Crippen LogP contribution in [0.4, 0.5) is 0 Å². The molecule has 0 amide bonds. The van der Waals surface area contributed by atoms with Gasteiger partial charge in [0.2, 0.25) is 0 Å². The molecule has 1 N–H and O–H groups in total. The number of hydrogen-bond acceptors (Lipinski definition) is 2. The summed E-state index contributed by atoms with van der Waals surface area (Å²) in [6.07, 6.45) is 2.76. The van der Waals surface area contributed by atoms with Crippen molar-refractivity contribution in [2.75, 3.05) is 0 Å². The van der Waals surface area contributed by atoms with Gasteiger partial charge >= 0.3 is 0 Å². The molecule has 2 rings (SSSR count). The van der Waals surface area contributed by atoms with E-state index in [0.29, 0.717) is 11.7 Å². The Hall–Kier alpha value is -1.54. The van der Waals surface area contributed by atoms with Crippen LogP contribution in [0.25, 0.3) is 11.1 Å². The highest BCUT2D eigenvalue weighted by Crippen LogP contribution is 2.38. The molecule has 0 aliphatic heterocycles. The van der Waals surface area contributed by atoms with Gasteiger partial charge in [0.1, 0.15) is 5.75 Å². The van der Waals surface area contributed by atoms with Gasteiger partial charge in [-0.2, -0.15) is 0 Å². The normalized spacial score (nSPS) is 10.9. The fourth-order valence-electron chi connectivity index (χ4n) is 2.21. The van der Waals surface area contributed by atoms with Gasteiger partial charge in [0.05, 0.1) is 0 Å². The molecule has 0 radical (unpaired) electrons. The number of thiophene rings is 1. The molecule has 0 aliphatic carbocycles. The van der Waals surface area contributed by atoms with Gasteiger partial charge in [0.15, 0.2) is 0 Å². The van der Waals surface area contributed by atoms with E-state index in [4.69, 9.17) is 0 Å². The van der Waals surface area contributed by atoms with E-state index in [2.05, 4.69) is 39.5 Å². The van der Waals surface area contributed by atoms with Crippen molar-refractivity contribution in [1.82, 2.24) is 0 Å². The summed E-state index contributed by atoms with van der Waals surface area (Å²) in [5.74, 6) is 0.797. The van der Waals surface area contributed by atoms with Crippen LogP contribution in [0.5, 0.6) is 5.75 Å². The van der Waals surface area contributed by atoms with E-state index in [9.17, 15) is 5.11 Å². The molecule has 1 heterocycles. The number of benzene rings is 1. The lowest BCUT2D eigenvalue weighted by molar-refractivity contribution is 0.476. The minimum atomic E-state index is 0.370. The first-order valence-corrected chi connectivity index (χ1v) is 7.38. The minimum Gasteiger partial charge on any atom is -0.507 e. The van der Waals surface area contributed by atoms with Crippen molar-refractivity contribution >= 4 is 11.3 Å². The Morgan fingerprint density at radius 1 is 1.26 bits per heavy atom. The van der Waals surface area contributed by atoms with E-state index < -0.39 is 0 Å². The van der Waals surface area contributed by atoms with Crippen molar-refractivity contribution in [3.8, 4) is 16.9 Å². The molecular weight excluding hydrogens is 252 g/mol. The average Bonchev–Trinajstić information content (AvgIpc) is 2.70. The van der Waals surface area contributed by atoms with Crippen molar-refractivity contribution in [3.63, 3.8) is 0 Å². The highest BCUT2D eigenvalue weighted by atomic mass is 32.1. The first kappa shape index (κ1) is 13.9. The predicted octanol–water partition coefficient (Wildman–Crippen LogP) is 5.28. The van der Waals surface area contributed by atoms with Gasteiger partial charge in [-0.1, -0.05) is 32.1 Å². The van der Waals surface area contributed by atoms with Crippen molar-refractivity contribution in [3.05, 3.63) is 52.2 Å². The summed E-state index contributed by atoms with van der Waals surface area (Å²) in [4.78, 5) is 2.53. The lowest BCUT2D eigenvalue weighted by atomic mass is 9.97. The molecule has 0 aliphatic rings. The van der Waals surface area contributed by atoms with Crippen LogP contribution >= 0.6 is 11.3 Å². The summed E-state index contributed by atoms with van der Waals surface area (Å²) < 4.78 is 0. The van der Waals surface area contributed by atoms with E-state index in [-0.39, 0.29) is 0 Å². The standard InChI is InChI=1S/C17H20OS/c1-5-6-17-15(9-12(4)19-17)14-8-7-13(11(2)3)10-16(14)18/h5,7-11,18H,1,6H2,2-4H3. The zero-order valence-electron chi connectivity index (χ0n) is 11.7. The Morgan fingerprint density at radius 3 is 2.58 bits per heavy atom. The van der Waals surface area contributed by atoms with E-state index in [1.54, 1.807) is 11.3 Å². The molecule has 0 unspecified atom stereocenters. The molecule has 0 fully saturated rings. The number of allylic oxidation sites excluding steroid dienone is 1. The van der Waals surface area contributed by atoms with E-state index >= 15 is 0 Å². The Labute approximate surface area is 119 Å². The molecule has 1 aromatic heterocycles. The molecule has 100 valence electrons. The van der Waals surface area contributed by atoms with Crippen molar-refractivity contribution < 1.29 is 5.11 Å². The van der Waals surface area contributed by atoms with Gasteiger partial charge in [-0.3, -0.25) is 0 Å². The number of rotatable bonds is 4. The lowest BCUT2D eigenvalue weighted by Gasteiger charge is -2.10. The second-order valence-electron chi connectivity index (χ2n) is 5.12. The molecule has 1 aromatic carbocycles. The van der Waals surface area contributed by atoms with Gasteiger partial charge in [0.25, 0.3) is 0 Å². The SMILES string of the molecule is C=CCc1sc(C)cc1-c1ccc(C(C)C)cc1O. The van der Waals surface area contributed by atoms with Crippen molar-refractivity contribution in [2.45, 2.75) is 33.1 Å². The third kappa shape index (κ3) is 2.90. The van der Waals surface area contributed by atoms with Gasteiger partial charge in [-0.15, -0.1) is 17.9 Å². The van der Waals surface area contributed by atoms with Crippen LogP contribution in [0.2, 0.25) is 0 Å². The Balaban J connectivity index is 2.49. The summed E-state index contributed by atoms with van der Waals surface area (Å²) in [6, 6.07) is 8.15. The number of phenols is 1. The maximum Gasteiger partial charge on any atom is 0.123 e. The molecule has 2 aromatic rings. The van der Waals surface area contributed by atoms with E-state index in [1.165, 1.54) is 15.3 Å². The molecular formula is C17H20OS. The first-order valence-electron chi connectivity index (χ1n) is 6.56. The Bertz CT molecular complexity index is 593. The number of aryl methyl sites for hydroxylation is 1. The third-order valence-electron chi connectivity index (χ3n) is 3.24. The number of aromatic hydroxyl groups is 1. The van der Waals surface area contributed by atoms with Crippen LogP contribution in [-0.2, 0) is 6.42 Å². The van der Waals surface area contributed by atoms with Crippen LogP contribution in [0, 0.1) is 6.92 Å². The Kier molecular flexibility index (Phi) is 4.11. The molecule has 2 heteroatoms. The predicted molar refractivity (Wildman–Crippen MR) is 84.1 cm³/mol. The Morgan fingerprint density at radius 2 is 2.00 bits per heavy atom. The molecule has 19 heavy (non-hydrogen) atoms. The zero-order chi connectivity index (χ0) is 14.0. The topological polar surface area (TPSA) is 20.2 Å². The quantitative estimate of drug-likeness (QED) is 0.751. The summed E-state index contributed by atoms with van der Waals surface area (Å²) in [5, 5.41) is 10.3. The molecule has 0 spiro atoms. The second kappa shape index (κ2) is 5.62. The third-order valence-corrected chi connectivity index (χ3v) is 4.31. The van der Waals surface area contributed by atoms with Gasteiger partial charge < -0.3 is 5.11 Å². The summed E-state index contributed by atoms with van der Waals surface area (Å²) >= 11 is 1.77. The zero-order valence-corrected chi connectivity index (χ0v) is 12.6. The van der Waals surface area contributed by atoms with Crippen LogP contribution in [0.3, 0.4) is 0 Å². The van der Waals surface area contributed by atoms with Crippen LogP contribution in [-0.4, -0.2) is 5.11 Å². The van der Waals surface area contributed by atoms with E-state index in [1.807, 2.05) is 18.2 Å². The number of phenolic OH excluding ortho intramolecular Hbond substituents is 1. The first-order chi connectivity index (χ1) is 9.02. The summed E-state index contributed by atoms with van der Waals surface area (Å²) in [5.41, 5.74) is 3.22. The van der Waals surface area contributed by atoms with Crippen LogP contribution < -0.4 is 0 Å². The molecule has 0 atom stereocenters. The van der Waals surface area contributed by atoms with Gasteiger partial charge in [0, 0.05) is 21.7 Å². The second-order valence-corrected chi connectivity index (χ2v) is 6.46. The van der Waals surface area contributed by atoms with Crippen molar-refractivity contribution in [1.29, 1.82) is 0 Å². The fraction of sp³-hybridized carbons (Fsp3) is 0.294.